The Hall–Kier alpha value is -4.41. The molecule has 304 valence electrons. The van der Waals surface area contributed by atoms with Gasteiger partial charge in [0.05, 0.1) is 48.7 Å². The summed E-state index contributed by atoms with van der Waals surface area (Å²) in [5.74, 6) is 0.815. The number of carbonyl (C=O) groups excluding carboxylic acids is 2. The first-order valence-corrected chi connectivity index (χ1v) is 20.3. The van der Waals surface area contributed by atoms with Gasteiger partial charge in [-0.1, -0.05) is 6.07 Å². The summed E-state index contributed by atoms with van der Waals surface area (Å²) in [5.41, 5.74) is 3.13. The number of likely N-dealkylation sites (N-methyl/N-ethyl adjacent to an activating group) is 2. The Morgan fingerprint density at radius 1 is 1.07 bits per heavy atom. The number of phenols is 2. The Bertz CT molecular complexity index is 2240. The molecular weight excluding hydrogens is 755 g/mol. The van der Waals surface area contributed by atoms with Crippen LogP contribution in [0.25, 0.3) is 0 Å². The van der Waals surface area contributed by atoms with Crippen molar-refractivity contribution in [1.82, 2.24) is 14.7 Å². The Kier molecular flexibility index (Phi) is 8.73. The number of ether oxygens (including phenoxy) is 6. The zero-order valence-electron chi connectivity index (χ0n) is 33.6. The lowest BCUT2D eigenvalue weighted by atomic mass is 9.61. The van der Waals surface area contributed by atoms with Crippen molar-refractivity contribution in [3.05, 3.63) is 80.1 Å². The highest BCUT2D eigenvalue weighted by Crippen LogP contribution is 2.65. The lowest BCUT2D eigenvalue weighted by Gasteiger charge is -2.65. The number of aliphatic hydroxyl groups excluding tert-OH is 1. The molecular formula is C42H49N3O11S. The molecule has 7 aliphatic heterocycles. The van der Waals surface area contributed by atoms with Crippen molar-refractivity contribution in [2.24, 2.45) is 5.41 Å². The molecule has 2 aromatic carbocycles. The third kappa shape index (κ3) is 4.92. The summed E-state index contributed by atoms with van der Waals surface area (Å²) in [6, 6.07) is 3.84. The third-order valence-electron chi connectivity index (χ3n) is 13.7. The Balaban J connectivity index is 1.38. The van der Waals surface area contributed by atoms with Gasteiger partial charge in [0.2, 0.25) is 0 Å². The lowest BCUT2D eigenvalue weighted by Crippen LogP contribution is -2.73. The van der Waals surface area contributed by atoms with E-state index in [1.165, 1.54) is 32.9 Å². The second-order valence-electron chi connectivity index (χ2n) is 16.4. The quantitative estimate of drug-likeness (QED) is 0.381. The van der Waals surface area contributed by atoms with Crippen LogP contribution in [0.15, 0.2) is 52.3 Å². The topological polar surface area (TPSA) is 160 Å². The number of aromatic hydroxyl groups is 2. The minimum absolute atomic E-state index is 0.0222. The normalized spacial score (nSPS) is 34.5. The molecule has 3 saturated heterocycles. The molecule has 15 heteroatoms. The molecule has 14 nitrogen and oxygen atoms in total. The number of carbonyl (C=O) groups is 2. The van der Waals surface area contributed by atoms with Gasteiger partial charge >= 0.3 is 11.9 Å². The van der Waals surface area contributed by atoms with Crippen LogP contribution < -0.4 is 9.47 Å². The zero-order valence-corrected chi connectivity index (χ0v) is 34.4. The van der Waals surface area contributed by atoms with Crippen LogP contribution in [0.3, 0.4) is 0 Å². The molecule has 0 amide bonds. The molecule has 1 spiro atoms. The number of nitrogens with zero attached hydrogens (tertiary/aromatic N) is 3. The molecule has 8 atom stereocenters. The molecule has 3 N–H and O–H groups in total. The number of hydrogen-bond donors (Lipinski definition) is 3. The second kappa shape index (κ2) is 13.0. The summed E-state index contributed by atoms with van der Waals surface area (Å²) in [6.07, 6.45) is -0.812. The van der Waals surface area contributed by atoms with Crippen LogP contribution >= 0.6 is 11.8 Å². The van der Waals surface area contributed by atoms with E-state index < -0.39 is 58.6 Å². The van der Waals surface area contributed by atoms with Crippen molar-refractivity contribution in [3.8, 4) is 23.0 Å². The molecule has 3 unspecified atom stereocenters. The summed E-state index contributed by atoms with van der Waals surface area (Å²) >= 11 is 1.50. The molecule has 7 heterocycles. The highest BCUT2D eigenvalue weighted by atomic mass is 32.2. The predicted molar refractivity (Wildman–Crippen MR) is 207 cm³/mol. The van der Waals surface area contributed by atoms with Crippen molar-refractivity contribution in [2.45, 2.75) is 88.7 Å². The minimum atomic E-state index is -1.37. The van der Waals surface area contributed by atoms with E-state index in [-0.39, 0.29) is 35.6 Å². The fourth-order valence-electron chi connectivity index (χ4n) is 11.1. The van der Waals surface area contributed by atoms with Gasteiger partial charge < -0.3 is 48.6 Å². The van der Waals surface area contributed by atoms with E-state index >= 15 is 4.79 Å². The van der Waals surface area contributed by atoms with E-state index in [1.54, 1.807) is 19.1 Å². The number of phenolic OH excluding ortho intramolecular Hbond substituents is 2. The number of aliphatic hydroxyl groups is 1. The molecule has 0 aromatic heterocycles. The number of fused-ring (bicyclic) bond motifs is 9. The van der Waals surface area contributed by atoms with Crippen molar-refractivity contribution in [2.75, 3.05) is 47.4 Å². The first-order valence-electron chi connectivity index (χ1n) is 19.2. The number of methoxy groups -OCH3 is 2. The van der Waals surface area contributed by atoms with Crippen LogP contribution in [0.2, 0.25) is 0 Å². The van der Waals surface area contributed by atoms with Gasteiger partial charge in [-0.25, -0.2) is 4.79 Å². The highest BCUT2D eigenvalue weighted by Gasteiger charge is 2.68. The smallest absolute Gasteiger partial charge is 0.337 e. The summed E-state index contributed by atoms with van der Waals surface area (Å²) in [6.45, 7) is 9.29. The van der Waals surface area contributed by atoms with Crippen molar-refractivity contribution in [1.29, 1.82) is 0 Å². The Morgan fingerprint density at radius 2 is 1.82 bits per heavy atom. The second-order valence-corrected chi connectivity index (χ2v) is 17.5. The average molecular weight is 804 g/mol. The molecule has 10 rings (SSSR count). The SMILES string of the molecule is COc1cc2c(cc1O)CCN(C)[C@]21CS[C@@H]2C3=C(OC(C)=O)C(C)=C4OCOC4C3(C)/C(=C(\C)OC1=O)N1C2[C@H]2c3c(cc(C)c(OC)c3O)C[C@@H]([C@@H]1O)N2C. The van der Waals surface area contributed by atoms with Gasteiger partial charge in [0, 0.05) is 35.9 Å². The Labute approximate surface area is 335 Å². The maximum absolute atomic E-state index is 15.2. The maximum atomic E-state index is 15.2. The van der Waals surface area contributed by atoms with Gasteiger partial charge in [-0.05, 0) is 89.0 Å². The highest BCUT2D eigenvalue weighted by molar-refractivity contribution is 8.00. The molecule has 2 aromatic rings. The molecule has 0 radical (unpaired) electrons. The fourth-order valence-corrected chi connectivity index (χ4v) is 13.1. The summed E-state index contributed by atoms with van der Waals surface area (Å²) in [5, 5.41) is 35.2. The van der Waals surface area contributed by atoms with Gasteiger partial charge in [-0.2, -0.15) is 0 Å². The molecule has 3 fully saturated rings. The molecule has 8 aliphatic rings. The number of rotatable bonds is 3. The fraction of sp³-hybridized carbons (Fsp3) is 0.524. The number of allylic oxidation sites excluding steroid dienone is 2. The van der Waals surface area contributed by atoms with Crippen molar-refractivity contribution >= 4 is 23.7 Å². The summed E-state index contributed by atoms with van der Waals surface area (Å²) in [4.78, 5) is 34.4. The van der Waals surface area contributed by atoms with Gasteiger partial charge in [-0.15, -0.1) is 11.8 Å². The number of aryl methyl sites for hydroxylation is 1. The lowest BCUT2D eigenvalue weighted by molar-refractivity contribution is -0.162. The van der Waals surface area contributed by atoms with E-state index in [2.05, 4.69) is 4.90 Å². The van der Waals surface area contributed by atoms with Gasteiger partial charge in [0.1, 0.15) is 29.6 Å². The average Bonchev–Trinajstić information content (AvgIpc) is 3.67. The number of esters is 2. The maximum Gasteiger partial charge on any atom is 0.337 e. The molecule has 1 aliphatic carbocycles. The summed E-state index contributed by atoms with van der Waals surface area (Å²) < 4.78 is 36.9. The van der Waals surface area contributed by atoms with Crippen molar-refractivity contribution < 1.29 is 53.3 Å². The van der Waals surface area contributed by atoms with E-state index in [0.29, 0.717) is 59.1 Å². The molecule has 4 bridgehead atoms. The Morgan fingerprint density at radius 3 is 2.53 bits per heavy atom. The number of benzene rings is 2. The monoisotopic (exact) mass is 803 g/mol. The van der Waals surface area contributed by atoms with Crippen LogP contribution in [0.4, 0.5) is 0 Å². The molecule has 0 saturated carbocycles. The predicted octanol–water partition coefficient (Wildman–Crippen LogP) is 4.09. The first kappa shape index (κ1) is 38.1. The number of thioether (sulfide) groups is 1. The van der Waals surface area contributed by atoms with Crippen LogP contribution in [0.1, 0.15) is 61.6 Å². The van der Waals surface area contributed by atoms with E-state index in [1.807, 2.05) is 50.7 Å². The number of hydrogen-bond acceptors (Lipinski definition) is 15. The van der Waals surface area contributed by atoms with Gasteiger partial charge in [0.25, 0.3) is 0 Å². The van der Waals surface area contributed by atoms with Gasteiger partial charge in [-0.3, -0.25) is 14.6 Å². The van der Waals surface area contributed by atoms with Crippen LogP contribution in [-0.2, 0) is 46.9 Å². The van der Waals surface area contributed by atoms with Gasteiger partial charge in [0.15, 0.2) is 35.3 Å². The molecule has 57 heavy (non-hydrogen) atoms. The first-order chi connectivity index (χ1) is 27.1. The van der Waals surface area contributed by atoms with E-state index in [0.717, 1.165) is 22.3 Å². The minimum Gasteiger partial charge on any atom is -0.504 e. The van der Waals surface area contributed by atoms with Crippen LogP contribution in [-0.4, -0.2) is 119 Å². The van der Waals surface area contributed by atoms with Crippen LogP contribution in [0.5, 0.6) is 23.0 Å². The van der Waals surface area contributed by atoms with E-state index in [4.69, 9.17) is 28.4 Å². The van der Waals surface area contributed by atoms with Crippen molar-refractivity contribution in [3.63, 3.8) is 0 Å². The largest absolute Gasteiger partial charge is 0.504 e. The van der Waals surface area contributed by atoms with Crippen LogP contribution in [0, 0.1) is 12.3 Å². The third-order valence-corrected chi connectivity index (χ3v) is 15.1. The zero-order chi connectivity index (χ0) is 40.6. The van der Waals surface area contributed by atoms with E-state index in [9.17, 15) is 20.1 Å². The standard InChI is InChI=1S/C42H49N3O11S/c1-18-12-23-13-25-39(49)45-31(30(44(25)7)28(23)32(48)33(18)52-9)36-29-34(56-21(4)46)19(2)35-38(54-17-53-35)41(29,5)37(45)20(3)55-40(50)42(16-57-36)24-15-27(51-8)26(47)14-22(24)10-11-43(42)6/h12,14-15,25,30-31,36,38-39,47-49H,10-11,13,16-17H2,1-9H3/b37-20-/t25-,30+,31?,36+,38?,39-,41?,42+/m0/s1. The number of piperidine rings is 1. The summed E-state index contributed by atoms with van der Waals surface area (Å²) in [7, 11) is 6.87. The number of piperazine rings is 1.